The fourth-order valence-electron chi connectivity index (χ4n) is 1.63. The first kappa shape index (κ1) is 15.3. The molecule has 5 nitrogen and oxygen atoms in total. The van der Waals surface area contributed by atoms with Crippen molar-refractivity contribution in [1.29, 1.82) is 0 Å². The molecule has 0 bridgehead atoms. The van der Waals surface area contributed by atoms with Crippen LogP contribution in [0.3, 0.4) is 0 Å². The van der Waals surface area contributed by atoms with E-state index < -0.39 is 10.0 Å². The second kappa shape index (κ2) is 6.15. The lowest BCUT2D eigenvalue weighted by Crippen LogP contribution is -2.23. The number of nitrogens with two attached hydrogens (primary N) is 1. The molecule has 0 spiro atoms. The van der Waals surface area contributed by atoms with Crippen LogP contribution in [0.25, 0.3) is 0 Å². The summed E-state index contributed by atoms with van der Waals surface area (Å²) in [6.45, 7) is 0.0887. The van der Waals surface area contributed by atoms with Gasteiger partial charge in [-0.25, -0.2) is 13.1 Å². The summed E-state index contributed by atoms with van der Waals surface area (Å²) in [6.07, 6.45) is 1.46. The molecule has 0 saturated heterocycles. The van der Waals surface area contributed by atoms with Gasteiger partial charge in [-0.05, 0) is 24.3 Å². The smallest absolute Gasteiger partial charge is 0.242 e. The average Bonchev–Trinajstić information content (AvgIpc) is 2.90. The van der Waals surface area contributed by atoms with Crippen LogP contribution >= 0.6 is 23.2 Å². The van der Waals surface area contributed by atoms with E-state index >= 15 is 0 Å². The van der Waals surface area contributed by atoms with E-state index in [0.29, 0.717) is 16.3 Å². The van der Waals surface area contributed by atoms with Crippen LogP contribution in [0.1, 0.15) is 11.3 Å². The quantitative estimate of drug-likeness (QED) is 0.879. The first-order valence-electron chi connectivity index (χ1n) is 5.64. The Labute approximate surface area is 126 Å². The van der Waals surface area contributed by atoms with Gasteiger partial charge in [-0.3, -0.25) is 0 Å². The van der Waals surface area contributed by atoms with Crippen LogP contribution in [0, 0.1) is 0 Å². The normalized spacial score (nSPS) is 11.8. The van der Waals surface area contributed by atoms with Crippen molar-refractivity contribution in [3.05, 3.63) is 51.9 Å². The number of sulfonamides is 1. The van der Waals surface area contributed by atoms with Gasteiger partial charge in [0.1, 0.15) is 10.7 Å². The molecular formula is C12H12Cl2N2O3S. The van der Waals surface area contributed by atoms with Crippen LogP contribution in [0.5, 0.6) is 0 Å². The Morgan fingerprint density at radius 3 is 2.60 bits per heavy atom. The third-order valence-electron chi connectivity index (χ3n) is 2.66. The molecule has 0 amide bonds. The summed E-state index contributed by atoms with van der Waals surface area (Å²) in [5.74, 6) is 0.498. The molecule has 0 aliphatic carbocycles. The summed E-state index contributed by atoms with van der Waals surface area (Å²) in [5.41, 5.74) is 5.91. The third-order valence-corrected chi connectivity index (χ3v) is 5.00. The molecule has 2 aromatic rings. The van der Waals surface area contributed by atoms with E-state index in [1.54, 1.807) is 12.1 Å². The summed E-state index contributed by atoms with van der Waals surface area (Å²) < 4.78 is 31.9. The van der Waals surface area contributed by atoms with E-state index in [4.69, 9.17) is 33.4 Å². The van der Waals surface area contributed by atoms with Gasteiger partial charge in [-0.15, -0.1) is 0 Å². The van der Waals surface area contributed by atoms with Crippen molar-refractivity contribution < 1.29 is 12.8 Å². The Morgan fingerprint density at radius 1 is 1.25 bits per heavy atom. The molecule has 0 saturated carbocycles. The van der Waals surface area contributed by atoms with Crippen LogP contribution in [0.2, 0.25) is 10.0 Å². The maximum atomic E-state index is 12.2. The number of rotatable bonds is 5. The van der Waals surface area contributed by atoms with Crippen molar-refractivity contribution in [1.82, 2.24) is 4.72 Å². The van der Waals surface area contributed by atoms with Gasteiger partial charge in [0.15, 0.2) is 0 Å². The Morgan fingerprint density at radius 2 is 2.00 bits per heavy atom. The topological polar surface area (TPSA) is 85.3 Å². The van der Waals surface area contributed by atoms with Gasteiger partial charge in [0.2, 0.25) is 10.0 Å². The molecule has 108 valence electrons. The molecule has 0 aliphatic heterocycles. The van der Waals surface area contributed by atoms with E-state index in [2.05, 4.69) is 4.72 Å². The lowest BCUT2D eigenvalue weighted by Gasteiger charge is -2.11. The lowest BCUT2D eigenvalue weighted by atomic mass is 10.2. The number of halogens is 2. The van der Waals surface area contributed by atoms with Gasteiger partial charge in [0, 0.05) is 17.1 Å². The molecule has 1 aromatic heterocycles. The Bertz CT molecular complexity index is 700. The largest absolute Gasteiger partial charge is 0.468 e. The average molecular weight is 335 g/mol. The van der Waals surface area contributed by atoms with Gasteiger partial charge >= 0.3 is 0 Å². The van der Waals surface area contributed by atoms with Crippen molar-refractivity contribution in [2.75, 3.05) is 0 Å². The van der Waals surface area contributed by atoms with E-state index in [9.17, 15) is 8.42 Å². The second-order valence-corrected chi connectivity index (χ2v) is 6.47. The van der Waals surface area contributed by atoms with Gasteiger partial charge in [0.05, 0.1) is 17.8 Å². The van der Waals surface area contributed by atoms with Gasteiger partial charge in [-0.2, -0.15) is 0 Å². The highest BCUT2D eigenvalue weighted by molar-refractivity contribution is 7.89. The monoisotopic (exact) mass is 334 g/mol. The van der Waals surface area contributed by atoms with Crippen LogP contribution in [-0.2, 0) is 23.1 Å². The first-order valence-corrected chi connectivity index (χ1v) is 7.88. The molecular weight excluding hydrogens is 323 g/mol. The molecule has 0 fully saturated rings. The van der Waals surface area contributed by atoms with Crippen molar-refractivity contribution >= 4 is 33.2 Å². The summed E-state index contributed by atoms with van der Waals surface area (Å²) >= 11 is 12.0. The third kappa shape index (κ3) is 3.16. The van der Waals surface area contributed by atoms with Crippen molar-refractivity contribution in [3.63, 3.8) is 0 Å². The predicted molar refractivity (Wildman–Crippen MR) is 77.1 cm³/mol. The SMILES string of the molecule is NCc1c(Cl)ccc(S(=O)(=O)NCc2ccco2)c1Cl. The standard InChI is InChI=1S/C12H12Cl2N2O3S/c13-10-3-4-11(12(14)9(10)6-15)20(17,18)16-7-8-2-1-5-19-8/h1-5,16H,6-7,15H2. The Balaban J connectivity index is 2.30. The molecule has 20 heavy (non-hydrogen) atoms. The lowest BCUT2D eigenvalue weighted by molar-refractivity contribution is 0.498. The minimum atomic E-state index is -3.77. The molecule has 1 heterocycles. The zero-order chi connectivity index (χ0) is 14.8. The van der Waals surface area contributed by atoms with E-state index in [-0.39, 0.29) is 23.0 Å². The van der Waals surface area contributed by atoms with Crippen LogP contribution in [0.15, 0.2) is 39.8 Å². The van der Waals surface area contributed by atoms with Gasteiger partial charge in [-0.1, -0.05) is 23.2 Å². The first-order chi connectivity index (χ1) is 9.45. The van der Waals surface area contributed by atoms with Crippen molar-refractivity contribution in [2.45, 2.75) is 18.0 Å². The molecule has 0 radical (unpaired) electrons. The molecule has 0 unspecified atom stereocenters. The Kier molecular flexibility index (Phi) is 4.72. The van der Waals surface area contributed by atoms with E-state index in [1.165, 1.54) is 18.4 Å². The van der Waals surface area contributed by atoms with Crippen molar-refractivity contribution in [3.8, 4) is 0 Å². The summed E-state index contributed by atoms with van der Waals surface area (Å²) in [6, 6.07) is 6.13. The van der Waals surface area contributed by atoms with E-state index in [0.717, 1.165) is 0 Å². The molecule has 2 rings (SSSR count). The fourth-order valence-corrected chi connectivity index (χ4v) is 3.55. The zero-order valence-electron chi connectivity index (χ0n) is 10.3. The minimum Gasteiger partial charge on any atom is -0.468 e. The summed E-state index contributed by atoms with van der Waals surface area (Å²) in [7, 11) is -3.77. The molecule has 1 aromatic carbocycles. The second-order valence-electron chi connectivity index (χ2n) is 3.95. The fraction of sp³-hybridized carbons (Fsp3) is 0.167. The maximum absolute atomic E-state index is 12.2. The molecule has 0 aliphatic rings. The van der Waals surface area contributed by atoms with Crippen LogP contribution in [0.4, 0.5) is 0 Å². The number of nitrogens with one attached hydrogen (secondary N) is 1. The Hall–Kier alpha value is -1.05. The number of hydrogen-bond acceptors (Lipinski definition) is 4. The zero-order valence-corrected chi connectivity index (χ0v) is 12.6. The van der Waals surface area contributed by atoms with E-state index in [1.807, 2.05) is 0 Å². The van der Waals surface area contributed by atoms with Crippen molar-refractivity contribution in [2.24, 2.45) is 5.73 Å². The highest BCUT2D eigenvalue weighted by Crippen LogP contribution is 2.30. The number of furan rings is 1. The molecule has 8 heteroatoms. The highest BCUT2D eigenvalue weighted by Gasteiger charge is 2.21. The maximum Gasteiger partial charge on any atom is 0.242 e. The number of hydrogen-bond donors (Lipinski definition) is 2. The van der Waals surface area contributed by atoms with Crippen LogP contribution < -0.4 is 10.5 Å². The molecule has 3 N–H and O–H groups in total. The molecule has 0 atom stereocenters. The van der Waals surface area contributed by atoms with Gasteiger partial charge in [0.25, 0.3) is 0 Å². The van der Waals surface area contributed by atoms with Crippen LogP contribution in [-0.4, -0.2) is 8.42 Å². The highest BCUT2D eigenvalue weighted by atomic mass is 35.5. The predicted octanol–water partition coefficient (Wildman–Crippen LogP) is 2.52. The summed E-state index contributed by atoms with van der Waals surface area (Å²) in [5, 5.41) is 0.370. The van der Waals surface area contributed by atoms with Gasteiger partial charge < -0.3 is 10.2 Å². The number of benzene rings is 1. The summed E-state index contributed by atoms with van der Waals surface area (Å²) in [4.78, 5) is -0.0597. The minimum absolute atomic E-state index is 0.0340.